The van der Waals surface area contributed by atoms with Crippen molar-refractivity contribution in [1.82, 2.24) is 20.0 Å². The lowest BCUT2D eigenvalue weighted by atomic mass is 9.87. The minimum Gasteiger partial charge on any atom is -0.408 e. The maximum absolute atomic E-state index is 12.7. The zero-order chi connectivity index (χ0) is 17.1. The van der Waals surface area contributed by atoms with Gasteiger partial charge in [0.15, 0.2) is 0 Å². The van der Waals surface area contributed by atoms with Crippen LogP contribution < -0.4 is 5.73 Å². The number of nitrogen functional groups attached to an aromatic ring is 1. The number of carbonyl (C=O) groups is 1. The molecule has 0 aromatic carbocycles. The third-order valence-corrected chi connectivity index (χ3v) is 5.60. The van der Waals surface area contributed by atoms with Gasteiger partial charge in [0.2, 0.25) is 11.8 Å². The van der Waals surface area contributed by atoms with E-state index < -0.39 is 0 Å². The molecular weight excluding hydrogens is 306 g/mol. The van der Waals surface area contributed by atoms with E-state index >= 15 is 0 Å². The molecule has 0 bridgehead atoms. The fourth-order valence-corrected chi connectivity index (χ4v) is 3.95. The fourth-order valence-electron chi connectivity index (χ4n) is 3.95. The van der Waals surface area contributed by atoms with Gasteiger partial charge in [0.05, 0.1) is 12.5 Å². The molecule has 7 nitrogen and oxygen atoms in total. The number of likely N-dealkylation sites (N-methyl/N-ethyl adjacent to an activating group) is 1. The van der Waals surface area contributed by atoms with Crippen LogP contribution in [0.5, 0.6) is 0 Å². The Morgan fingerprint density at radius 1 is 1.29 bits per heavy atom. The summed E-state index contributed by atoms with van der Waals surface area (Å²) in [5.74, 6) is 1.80. The van der Waals surface area contributed by atoms with E-state index in [9.17, 15) is 4.79 Å². The third-order valence-electron chi connectivity index (χ3n) is 5.60. The minimum atomic E-state index is 0.115. The SMILES string of the molecule is CC1CCC(N(C)C(=O)CN2CCCC(c3nnc(N)o3)C2)CC1. The number of piperidine rings is 1. The van der Waals surface area contributed by atoms with E-state index in [1.165, 1.54) is 12.8 Å². The molecule has 1 aromatic heterocycles. The zero-order valence-corrected chi connectivity index (χ0v) is 14.8. The van der Waals surface area contributed by atoms with E-state index in [2.05, 4.69) is 22.0 Å². The molecule has 1 aromatic rings. The van der Waals surface area contributed by atoms with Crippen LogP contribution in [0, 0.1) is 5.92 Å². The molecule has 1 saturated heterocycles. The number of rotatable bonds is 4. The van der Waals surface area contributed by atoms with E-state index in [-0.39, 0.29) is 17.8 Å². The van der Waals surface area contributed by atoms with E-state index in [4.69, 9.17) is 10.2 Å². The molecule has 2 aliphatic rings. The summed E-state index contributed by atoms with van der Waals surface area (Å²) >= 11 is 0. The topological polar surface area (TPSA) is 88.5 Å². The Kier molecular flexibility index (Phi) is 5.38. The number of hydrogen-bond acceptors (Lipinski definition) is 6. The smallest absolute Gasteiger partial charge is 0.312 e. The Labute approximate surface area is 143 Å². The van der Waals surface area contributed by atoms with Crippen molar-refractivity contribution in [2.45, 2.75) is 57.4 Å². The molecule has 0 radical (unpaired) electrons. The van der Waals surface area contributed by atoms with Gasteiger partial charge in [-0.15, -0.1) is 5.10 Å². The normalized spacial score (nSPS) is 28.7. The van der Waals surface area contributed by atoms with Crippen molar-refractivity contribution in [3.05, 3.63) is 5.89 Å². The number of carbonyl (C=O) groups excluding carboxylic acids is 1. The van der Waals surface area contributed by atoms with Gasteiger partial charge >= 0.3 is 6.01 Å². The first-order chi connectivity index (χ1) is 11.5. The molecule has 3 rings (SSSR count). The summed E-state index contributed by atoms with van der Waals surface area (Å²) in [6.45, 7) is 4.50. The number of nitrogens with zero attached hydrogens (tertiary/aromatic N) is 4. The molecule has 7 heteroatoms. The first-order valence-corrected chi connectivity index (χ1v) is 9.10. The van der Waals surface area contributed by atoms with Crippen molar-refractivity contribution < 1.29 is 9.21 Å². The molecule has 2 fully saturated rings. The Morgan fingerprint density at radius 2 is 2.04 bits per heavy atom. The van der Waals surface area contributed by atoms with Crippen LogP contribution >= 0.6 is 0 Å². The largest absolute Gasteiger partial charge is 0.408 e. The van der Waals surface area contributed by atoms with E-state index in [0.29, 0.717) is 18.5 Å². The number of anilines is 1. The monoisotopic (exact) mass is 335 g/mol. The maximum atomic E-state index is 12.7. The summed E-state index contributed by atoms with van der Waals surface area (Å²) in [6, 6.07) is 0.523. The average molecular weight is 335 g/mol. The Bertz CT molecular complexity index is 553. The lowest BCUT2D eigenvalue weighted by molar-refractivity contribution is -0.134. The van der Waals surface area contributed by atoms with Crippen LogP contribution in [0.1, 0.15) is 57.3 Å². The van der Waals surface area contributed by atoms with Crippen molar-refractivity contribution in [2.75, 3.05) is 32.4 Å². The van der Waals surface area contributed by atoms with Gasteiger partial charge in [0.25, 0.3) is 0 Å². The summed E-state index contributed by atoms with van der Waals surface area (Å²) in [5.41, 5.74) is 5.52. The fraction of sp³-hybridized carbons (Fsp3) is 0.824. The molecule has 1 aliphatic carbocycles. The van der Waals surface area contributed by atoms with Crippen molar-refractivity contribution >= 4 is 11.9 Å². The minimum absolute atomic E-state index is 0.115. The van der Waals surface area contributed by atoms with E-state index in [0.717, 1.165) is 44.7 Å². The molecule has 1 atom stereocenters. The predicted octanol–water partition coefficient (Wildman–Crippen LogP) is 1.87. The summed E-state index contributed by atoms with van der Waals surface area (Å²) < 4.78 is 5.36. The number of hydrogen-bond donors (Lipinski definition) is 1. The van der Waals surface area contributed by atoms with Crippen LogP contribution in [0.25, 0.3) is 0 Å². The number of aromatic nitrogens is 2. The lowest BCUT2D eigenvalue weighted by Gasteiger charge is -2.36. The second-order valence-electron chi connectivity index (χ2n) is 7.47. The molecule has 2 heterocycles. The summed E-state index contributed by atoms with van der Waals surface area (Å²) in [6.07, 6.45) is 6.76. The predicted molar refractivity (Wildman–Crippen MR) is 91.3 cm³/mol. The van der Waals surface area contributed by atoms with Crippen molar-refractivity contribution in [3.63, 3.8) is 0 Å². The molecule has 1 unspecified atom stereocenters. The van der Waals surface area contributed by atoms with Gasteiger partial charge in [-0.2, -0.15) is 0 Å². The van der Waals surface area contributed by atoms with Crippen LogP contribution in [-0.2, 0) is 4.79 Å². The Hall–Kier alpha value is -1.63. The van der Waals surface area contributed by atoms with E-state index in [1.54, 1.807) is 0 Å². The standard InChI is InChI=1S/C17H29N5O2/c1-12-5-7-14(8-6-12)21(2)15(23)11-22-9-3-4-13(10-22)16-19-20-17(18)24-16/h12-14H,3-11H2,1-2H3,(H2,18,20). The molecule has 1 saturated carbocycles. The summed E-state index contributed by atoms with van der Waals surface area (Å²) in [5, 5.41) is 7.75. The maximum Gasteiger partial charge on any atom is 0.312 e. The third kappa shape index (κ3) is 4.06. The van der Waals surface area contributed by atoms with Crippen LogP contribution in [0.3, 0.4) is 0 Å². The van der Waals surface area contributed by atoms with E-state index in [1.807, 2.05) is 11.9 Å². The van der Waals surface area contributed by atoms with Gasteiger partial charge < -0.3 is 15.1 Å². The van der Waals surface area contributed by atoms with Gasteiger partial charge in [0.1, 0.15) is 0 Å². The summed E-state index contributed by atoms with van der Waals surface area (Å²) in [7, 11) is 1.96. The summed E-state index contributed by atoms with van der Waals surface area (Å²) in [4.78, 5) is 16.8. The average Bonchev–Trinajstić information content (AvgIpc) is 3.02. The molecular formula is C17H29N5O2. The first kappa shape index (κ1) is 17.2. The molecule has 24 heavy (non-hydrogen) atoms. The highest BCUT2D eigenvalue weighted by Crippen LogP contribution is 2.28. The number of nitrogens with two attached hydrogens (primary N) is 1. The second kappa shape index (κ2) is 7.51. The highest BCUT2D eigenvalue weighted by molar-refractivity contribution is 5.78. The first-order valence-electron chi connectivity index (χ1n) is 9.10. The Morgan fingerprint density at radius 3 is 2.71 bits per heavy atom. The van der Waals surface area contributed by atoms with Crippen LogP contribution in [-0.4, -0.2) is 58.6 Å². The number of likely N-dealkylation sites (tertiary alicyclic amines) is 1. The quantitative estimate of drug-likeness (QED) is 0.903. The van der Waals surface area contributed by atoms with Gasteiger partial charge in [-0.25, -0.2) is 0 Å². The van der Waals surface area contributed by atoms with Gasteiger partial charge in [-0.05, 0) is 51.0 Å². The molecule has 2 N–H and O–H groups in total. The van der Waals surface area contributed by atoms with Gasteiger partial charge in [0, 0.05) is 19.6 Å². The second-order valence-corrected chi connectivity index (χ2v) is 7.47. The Balaban J connectivity index is 1.52. The van der Waals surface area contributed by atoms with Crippen LogP contribution in [0.4, 0.5) is 6.01 Å². The van der Waals surface area contributed by atoms with Crippen LogP contribution in [0.15, 0.2) is 4.42 Å². The molecule has 1 aliphatic heterocycles. The van der Waals surface area contributed by atoms with Crippen molar-refractivity contribution in [2.24, 2.45) is 5.92 Å². The highest BCUT2D eigenvalue weighted by Gasteiger charge is 2.29. The highest BCUT2D eigenvalue weighted by atomic mass is 16.4. The van der Waals surface area contributed by atoms with Gasteiger partial charge in [-0.1, -0.05) is 12.0 Å². The molecule has 0 spiro atoms. The van der Waals surface area contributed by atoms with Crippen molar-refractivity contribution in [3.8, 4) is 0 Å². The van der Waals surface area contributed by atoms with Gasteiger partial charge in [-0.3, -0.25) is 9.69 Å². The molecule has 1 amide bonds. The molecule has 134 valence electrons. The lowest BCUT2D eigenvalue weighted by Crippen LogP contribution is -2.46. The zero-order valence-electron chi connectivity index (χ0n) is 14.8. The van der Waals surface area contributed by atoms with Crippen molar-refractivity contribution in [1.29, 1.82) is 0 Å². The number of amides is 1. The van der Waals surface area contributed by atoms with Crippen LogP contribution in [0.2, 0.25) is 0 Å².